The molecule has 0 aliphatic carbocycles. The van der Waals surface area contributed by atoms with Crippen LogP contribution >= 0.6 is 0 Å². The van der Waals surface area contributed by atoms with Crippen molar-refractivity contribution in [2.75, 3.05) is 49.9 Å². The molecule has 0 atom stereocenters. The first kappa shape index (κ1) is 29.1. The summed E-state index contributed by atoms with van der Waals surface area (Å²) in [5.41, 5.74) is 10.7. The average Bonchev–Trinajstić information content (AvgIpc) is 3.06. The van der Waals surface area contributed by atoms with E-state index in [1.54, 1.807) is 17.2 Å². The zero-order valence-corrected chi connectivity index (χ0v) is 25.0. The fourth-order valence-corrected chi connectivity index (χ4v) is 5.83. The van der Waals surface area contributed by atoms with Gasteiger partial charge in [0.1, 0.15) is 22.8 Å². The molecule has 4 aromatic rings. The highest BCUT2D eigenvalue weighted by Gasteiger charge is 2.26. The van der Waals surface area contributed by atoms with Gasteiger partial charge in [-0.05, 0) is 55.3 Å². The molecule has 0 bridgehead atoms. The minimum atomic E-state index is -0.0869. The number of rotatable bonds is 8. The van der Waals surface area contributed by atoms with Crippen molar-refractivity contribution in [3.8, 4) is 23.4 Å². The van der Waals surface area contributed by atoms with Crippen molar-refractivity contribution >= 4 is 34.5 Å². The van der Waals surface area contributed by atoms with Crippen molar-refractivity contribution in [3.63, 3.8) is 0 Å². The lowest BCUT2D eigenvalue weighted by molar-refractivity contribution is -0.126. The van der Waals surface area contributed by atoms with Crippen LogP contribution < -0.4 is 20.1 Å². The van der Waals surface area contributed by atoms with Gasteiger partial charge in [0, 0.05) is 62.9 Å². The summed E-state index contributed by atoms with van der Waals surface area (Å²) in [5, 5.41) is 8.68. The minimum Gasteiger partial charge on any atom is -0.436 e. The third-order valence-electron chi connectivity index (χ3n) is 8.33. The lowest BCUT2D eigenvalue weighted by Crippen LogP contribution is -2.48. The number of ether oxygens (including phenoxy) is 2. The zero-order valence-electron chi connectivity index (χ0n) is 25.0. The maximum absolute atomic E-state index is 12.2. The number of pyridine rings is 1. The molecule has 44 heavy (non-hydrogen) atoms. The molecule has 2 aliphatic rings. The number of carbonyl (C=O) groups is 1. The van der Waals surface area contributed by atoms with Gasteiger partial charge in [-0.3, -0.25) is 9.69 Å². The number of nitrogens with two attached hydrogens (primary N) is 1. The summed E-state index contributed by atoms with van der Waals surface area (Å²) in [7, 11) is 0. The molecule has 0 spiro atoms. The molecule has 0 unspecified atom stereocenters. The standard InChI is InChI=1S/C33H36N8O3/c1-4-28(42)40-15-17-41(18-16-40)31-24-11-13-36-32(44-30-21(3)9-10-26(35)25(30)19-34)29(24)37-33(38-31)43-27-8-6-7-22-20-39(5-2)14-12-23(22)27/h4,6-11,13,19,34H,1,5,12,14-18,20,35H2,2-3H3. The predicted molar refractivity (Wildman–Crippen MR) is 171 cm³/mol. The minimum absolute atomic E-state index is 0.0869. The molecule has 3 N–H and O–H groups in total. The fraction of sp³-hybridized carbons (Fsp3) is 0.303. The van der Waals surface area contributed by atoms with Crippen LogP contribution in [-0.2, 0) is 17.8 Å². The summed E-state index contributed by atoms with van der Waals surface area (Å²) in [6.07, 6.45) is 5.05. The van der Waals surface area contributed by atoms with E-state index in [2.05, 4.69) is 34.4 Å². The molecule has 2 aliphatic heterocycles. The molecule has 0 radical (unpaired) electrons. The van der Waals surface area contributed by atoms with Gasteiger partial charge in [-0.1, -0.05) is 31.7 Å². The Morgan fingerprint density at radius 3 is 2.66 bits per heavy atom. The third kappa shape index (κ3) is 5.53. The van der Waals surface area contributed by atoms with Crippen LogP contribution in [0.1, 0.15) is 29.2 Å². The smallest absolute Gasteiger partial charge is 0.324 e. The number of nitrogen functional groups attached to an aromatic ring is 1. The normalized spacial score (nSPS) is 15.1. The highest BCUT2D eigenvalue weighted by atomic mass is 16.5. The van der Waals surface area contributed by atoms with Crippen LogP contribution in [0.25, 0.3) is 10.9 Å². The quantitative estimate of drug-likeness (QED) is 0.169. The Morgan fingerprint density at radius 1 is 1.09 bits per heavy atom. The van der Waals surface area contributed by atoms with Crippen LogP contribution in [-0.4, -0.2) is 76.1 Å². The third-order valence-corrected chi connectivity index (χ3v) is 8.33. The van der Waals surface area contributed by atoms with Crippen molar-refractivity contribution in [2.45, 2.75) is 26.8 Å². The van der Waals surface area contributed by atoms with Crippen molar-refractivity contribution in [2.24, 2.45) is 0 Å². The van der Waals surface area contributed by atoms with Crippen molar-refractivity contribution in [3.05, 3.63) is 77.5 Å². The largest absolute Gasteiger partial charge is 0.436 e. The molecule has 2 aromatic heterocycles. The number of hydrogen-bond donors (Lipinski definition) is 2. The highest BCUT2D eigenvalue weighted by molar-refractivity contribution is 5.94. The lowest BCUT2D eigenvalue weighted by Gasteiger charge is -2.35. The second-order valence-electron chi connectivity index (χ2n) is 10.9. The van der Waals surface area contributed by atoms with Crippen LogP contribution in [0.15, 0.2) is 55.3 Å². The molecule has 11 nitrogen and oxygen atoms in total. The Labute approximate surface area is 256 Å². The highest BCUT2D eigenvalue weighted by Crippen LogP contribution is 2.38. The number of piperazine rings is 1. The Kier molecular flexibility index (Phi) is 8.12. The number of anilines is 2. The first-order valence-electron chi connectivity index (χ1n) is 14.8. The molecule has 11 heteroatoms. The Morgan fingerprint density at radius 2 is 1.91 bits per heavy atom. The number of aryl methyl sites for hydroxylation is 1. The van der Waals surface area contributed by atoms with E-state index < -0.39 is 0 Å². The molecule has 6 rings (SSSR count). The molecule has 1 saturated heterocycles. The first-order valence-corrected chi connectivity index (χ1v) is 14.8. The van der Waals surface area contributed by atoms with Crippen LogP contribution in [0.2, 0.25) is 0 Å². The van der Waals surface area contributed by atoms with E-state index in [4.69, 9.17) is 30.6 Å². The topological polar surface area (TPSA) is 134 Å². The second-order valence-corrected chi connectivity index (χ2v) is 10.9. The summed E-state index contributed by atoms with van der Waals surface area (Å²) >= 11 is 0. The molecule has 0 saturated carbocycles. The first-order chi connectivity index (χ1) is 21.4. The molecular weight excluding hydrogens is 556 g/mol. The van der Waals surface area contributed by atoms with Crippen molar-refractivity contribution in [1.82, 2.24) is 24.8 Å². The van der Waals surface area contributed by atoms with E-state index in [0.717, 1.165) is 48.3 Å². The lowest BCUT2D eigenvalue weighted by atomic mass is 9.99. The number of amides is 1. The number of nitrogens with one attached hydrogen (secondary N) is 1. The Balaban J connectivity index is 1.44. The summed E-state index contributed by atoms with van der Waals surface area (Å²) < 4.78 is 12.8. The van der Waals surface area contributed by atoms with E-state index in [-0.39, 0.29) is 17.8 Å². The van der Waals surface area contributed by atoms with Crippen LogP contribution in [0.4, 0.5) is 11.5 Å². The van der Waals surface area contributed by atoms with Crippen LogP contribution in [0, 0.1) is 12.3 Å². The van der Waals surface area contributed by atoms with Gasteiger partial charge in [-0.15, -0.1) is 0 Å². The number of fused-ring (bicyclic) bond motifs is 2. The van der Waals surface area contributed by atoms with Crippen LogP contribution in [0.3, 0.4) is 0 Å². The van der Waals surface area contributed by atoms with E-state index in [1.807, 2.05) is 31.2 Å². The van der Waals surface area contributed by atoms with Crippen molar-refractivity contribution < 1.29 is 14.3 Å². The Hall–Kier alpha value is -5.03. The molecule has 1 amide bonds. The average molecular weight is 593 g/mol. The van der Waals surface area contributed by atoms with Crippen molar-refractivity contribution in [1.29, 1.82) is 5.41 Å². The number of aromatic nitrogens is 3. The van der Waals surface area contributed by atoms with Gasteiger partial charge in [0.25, 0.3) is 0 Å². The van der Waals surface area contributed by atoms with Crippen LogP contribution in [0.5, 0.6) is 23.4 Å². The Bertz CT molecular complexity index is 1750. The van der Waals surface area contributed by atoms with E-state index in [9.17, 15) is 4.79 Å². The number of benzene rings is 2. The molecule has 2 aromatic carbocycles. The van der Waals surface area contributed by atoms with Gasteiger partial charge >= 0.3 is 6.01 Å². The van der Waals surface area contributed by atoms with Gasteiger partial charge in [-0.2, -0.15) is 9.97 Å². The van der Waals surface area contributed by atoms with Gasteiger partial charge < -0.3 is 30.4 Å². The number of hydrogen-bond acceptors (Lipinski definition) is 10. The summed E-state index contributed by atoms with van der Waals surface area (Å²) in [6.45, 7) is 12.7. The molecular formula is C33H36N8O3. The van der Waals surface area contributed by atoms with E-state index in [0.29, 0.717) is 54.5 Å². The summed E-state index contributed by atoms with van der Waals surface area (Å²) in [4.78, 5) is 32.9. The maximum Gasteiger partial charge on any atom is 0.324 e. The molecule has 226 valence electrons. The maximum atomic E-state index is 12.2. The SMILES string of the molecule is C=CC(=O)N1CCN(c2nc(Oc3cccc4c3CCN(CC)C4)nc3c(Oc4c(C)ccc(N)c4C=N)nccc23)CC1. The second kappa shape index (κ2) is 12.3. The predicted octanol–water partition coefficient (Wildman–Crippen LogP) is 4.71. The van der Waals surface area contributed by atoms with Gasteiger partial charge in [-0.25, -0.2) is 4.98 Å². The molecule has 4 heterocycles. The van der Waals surface area contributed by atoms with Gasteiger partial charge in [0.2, 0.25) is 11.8 Å². The molecule has 1 fully saturated rings. The number of carbonyl (C=O) groups excluding carboxylic acids is 1. The fourth-order valence-electron chi connectivity index (χ4n) is 5.83. The van der Waals surface area contributed by atoms with E-state index in [1.165, 1.54) is 17.9 Å². The van der Waals surface area contributed by atoms with Gasteiger partial charge in [0.15, 0.2) is 0 Å². The summed E-state index contributed by atoms with van der Waals surface area (Å²) in [6, 6.07) is 11.7. The summed E-state index contributed by atoms with van der Waals surface area (Å²) in [5.74, 6) is 2.01. The van der Waals surface area contributed by atoms with Gasteiger partial charge in [0.05, 0.1) is 10.9 Å². The van der Waals surface area contributed by atoms with E-state index >= 15 is 0 Å². The number of likely N-dealkylation sites (N-methyl/N-ethyl adjacent to an activating group) is 1. The monoisotopic (exact) mass is 592 g/mol. The zero-order chi connectivity index (χ0) is 30.8. The number of nitrogens with zero attached hydrogens (tertiary/aromatic N) is 6.